The van der Waals surface area contributed by atoms with Gasteiger partial charge >= 0.3 is 11.9 Å². The van der Waals surface area contributed by atoms with Gasteiger partial charge in [-0.05, 0) is 25.7 Å². The third-order valence-corrected chi connectivity index (χ3v) is 4.20. The topological polar surface area (TPSA) is 86.7 Å². The molecule has 6 heteroatoms. The van der Waals surface area contributed by atoms with E-state index in [1.54, 1.807) is 6.92 Å². The van der Waals surface area contributed by atoms with E-state index in [4.69, 9.17) is 9.47 Å². The van der Waals surface area contributed by atoms with Gasteiger partial charge in [-0.2, -0.15) is 0 Å². The van der Waals surface area contributed by atoms with Crippen LogP contribution in [0, 0.1) is 5.92 Å². The van der Waals surface area contributed by atoms with Gasteiger partial charge in [0.15, 0.2) is 5.60 Å². The lowest BCUT2D eigenvalue weighted by molar-refractivity contribution is -0.190. The summed E-state index contributed by atoms with van der Waals surface area (Å²) < 4.78 is 11.1. The van der Waals surface area contributed by atoms with Gasteiger partial charge in [0.1, 0.15) is 18.2 Å². The lowest BCUT2D eigenvalue weighted by Gasteiger charge is -2.39. The second-order valence-corrected chi connectivity index (χ2v) is 6.34. The van der Waals surface area contributed by atoms with Crippen LogP contribution >= 0.6 is 0 Å². The van der Waals surface area contributed by atoms with Crippen LogP contribution in [0.5, 0.6) is 0 Å². The first-order chi connectivity index (χ1) is 11.8. The summed E-state index contributed by atoms with van der Waals surface area (Å²) in [7, 11) is 0. The van der Waals surface area contributed by atoms with Crippen LogP contribution in [-0.2, 0) is 28.7 Å². The highest BCUT2D eigenvalue weighted by Crippen LogP contribution is 2.33. The number of ketones is 1. The summed E-state index contributed by atoms with van der Waals surface area (Å²) in [6.07, 6.45) is 2.50. The molecule has 6 nitrogen and oxygen atoms in total. The van der Waals surface area contributed by atoms with E-state index in [-0.39, 0.29) is 24.6 Å². The molecule has 0 saturated heterocycles. The lowest BCUT2D eigenvalue weighted by atomic mass is 9.81. The SMILES string of the molecule is CCCC(=O)OC(CC)C(CCC)(CC(=O)C(C=O)CC)OC(C)=O. The molecule has 0 spiro atoms. The van der Waals surface area contributed by atoms with Gasteiger partial charge in [0.25, 0.3) is 0 Å². The molecule has 0 saturated carbocycles. The maximum Gasteiger partial charge on any atom is 0.306 e. The second kappa shape index (κ2) is 11.8. The van der Waals surface area contributed by atoms with E-state index < -0.39 is 23.6 Å². The summed E-state index contributed by atoms with van der Waals surface area (Å²) >= 11 is 0. The molecule has 0 radical (unpaired) electrons. The maximum absolute atomic E-state index is 12.5. The molecule has 0 aromatic rings. The Bertz CT molecular complexity index is 459. The highest BCUT2D eigenvalue weighted by atomic mass is 16.6. The normalized spacial score (nSPS) is 15.6. The minimum absolute atomic E-state index is 0.129. The van der Waals surface area contributed by atoms with Crippen molar-refractivity contribution in [2.75, 3.05) is 0 Å². The molecule has 0 rings (SSSR count). The van der Waals surface area contributed by atoms with Gasteiger partial charge in [0, 0.05) is 13.3 Å². The molecule has 0 aromatic heterocycles. The van der Waals surface area contributed by atoms with Crippen LogP contribution in [0.1, 0.15) is 79.6 Å². The molecule has 0 aliphatic heterocycles. The van der Waals surface area contributed by atoms with Crippen LogP contribution in [0.3, 0.4) is 0 Å². The number of carbonyl (C=O) groups excluding carboxylic acids is 4. The number of hydrogen-bond acceptors (Lipinski definition) is 6. The molecule has 0 aliphatic rings. The number of Topliss-reactive ketones (excluding diaryl/α,β-unsaturated/α-hetero) is 1. The lowest BCUT2D eigenvalue weighted by Crippen LogP contribution is -2.50. The van der Waals surface area contributed by atoms with E-state index in [1.165, 1.54) is 6.92 Å². The van der Waals surface area contributed by atoms with Crippen LogP contribution in [0.4, 0.5) is 0 Å². The highest BCUT2D eigenvalue weighted by Gasteiger charge is 2.45. The largest absolute Gasteiger partial charge is 0.458 e. The van der Waals surface area contributed by atoms with Crippen LogP contribution in [0.15, 0.2) is 0 Å². The van der Waals surface area contributed by atoms with E-state index in [9.17, 15) is 19.2 Å². The zero-order valence-corrected chi connectivity index (χ0v) is 16.1. The Hall–Kier alpha value is -1.72. The number of rotatable bonds is 13. The Kier molecular flexibility index (Phi) is 11.0. The van der Waals surface area contributed by atoms with Crippen LogP contribution in [-0.4, -0.2) is 35.7 Å². The Morgan fingerprint density at radius 3 is 2.08 bits per heavy atom. The van der Waals surface area contributed by atoms with E-state index in [1.807, 2.05) is 20.8 Å². The van der Waals surface area contributed by atoms with Crippen molar-refractivity contribution in [1.29, 1.82) is 0 Å². The standard InChI is InChI=1S/C19H32O6/c1-6-10-18(23)24-17(9-4)19(11-7-2,25-14(5)21)12-16(22)15(8-3)13-20/h13,15,17H,6-12H2,1-5H3. The van der Waals surface area contributed by atoms with Crippen molar-refractivity contribution >= 4 is 24.0 Å². The van der Waals surface area contributed by atoms with Gasteiger partial charge in [0.05, 0.1) is 12.3 Å². The van der Waals surface area contributed by atoms with Crippen LogP contribution in [0.25, 0.3) is 0 Å². The summed E-state index contributed by atoms with van der Waals surface area (Å²) in [4.78, 5) is 47.4. The molecule has 0 aromatic carbocycles. The van der Waals surface area contributed by atoms with E-state index in [2.05, 4.69) is 0 Å². The highest BCUT2D eigenvalue weighted by molar-refractivity contribution is 5.94. The Balaban J connectivity index is 5.72. The Morgan fingerprint density at radius 1 is 1.04 bits per heavy atom. The molecule has 0 N–H and O–H groups in total. The number of ether oxygens (including phenoxy) is 2. The molecule has 0 bridgehead atoms. The first-order valence-electron chi connectivity index (χ1n) is 9.17. The molecule has 0 amide bonds. The average molecular weight is 356 g/mol. The Morgan fingerprint density at radius 2 is 1.68 bits per heavy atom. The minimum Gasteiger partial charge on any atom is -0.458 e. The summed E-state index contributed by atoms with van der Waals surface area (Å²) in [6.45, 7) is 8.61. The molecule has 144 valence electrons. The molecular formula is C19H32O6. The van der Waals surface area contributed by atoms with Crippen molar-refractivity contribution < 1.29 is 28.7 Å². The molecule has 25 heavy (non-hydrogen) atoms. The Labute approximate surface area is 150 Å². The molecule has 0 heterocycles. The minimum atomic E-state index is -1.23. The van der Waals surface area contributed by atoms with E-state index in [0.29, 0.717) is 38.4 Å². The van der Waals surface area contributed by atoms with Crippen molar-refractivity contribution in [3.63, 3.8) is 0 Å². The van der Waals surface area contributed by atoms with Gasteiger partial charge in [-0.25, -0.2) is 0 Å². The zero-order valence-electron chi connectivity index (χ0n) is 16.1. The average Bonchev–Trinajstić information content (AvgIpc) is 2.53. The summed E-state index contributed by atoms with van der Waals surface area (Å²) in [5.74, 6) is -1.95. The summed E-state index contributed by atoms with van der Waals surface area (Å²) in [6, 6.07) is 0. The van der Waals surface area contributed by atoms with Crippen molar-refractivity contribution in [1.82, 2.24) is 0 Å². The van der Waals surface area contributed by atoms with E-state index in [0.717, 1.165) is 0 Å². The fraction of sp³-hybridized carbons (Fsp3) is 0.789. The van der Waals surface area contributed by atoms with Crippen LogP contribution < -0.4 is 0 Å². The number of carbonyl (C=O) groups is 4. The van der Waals surface area contributed by atoms with Crippen molar-refractivity contribution in [3.05, 3.63) is 0 Å². The van der Waals surface area contributed by atoms with Gasteiger partial charge in [-0.3, -0.25) is 14.4 Å². The third kappa shape index (κ3) is 7.36. The zero-order chi connectivity index (χ0) is 19.5. The first kappa shape index (κ1) is 23.3. The van der Waals surface area contributed by atoms with Gasteiger partial charge < -0.3 is 14.3 Å². The summed E-state index contributed by atoms with van der Waals surface area (Å²) in [5.41, 5.74) is -1.23. The van der Waals surface area contributed by atoms with E-state index >= 15 is 0 Å². The van der Waals surface area contributed by atoms with Gasteiger partial charge in [0.2, 0.25) is 0 Å². The quantitative estimate of drug-likeness (QED) is 0.286. The fourth-order valence-electron chi connectivity index (χ4n) is 3.04. The third-order valence-electron chi connectivity index (χ3n) is 4.20. The smallest absolute Gasteiger partial charge is 0.306 e. The molecular weight excluding hydrogens is 324 g/mol. The molecule has 0 aliphatic carbocycles. The van der Waals surface area contributed by atoms with Crippen molar-refractivity contribution in [3.8, 4) is 0 Å². The predicted molar refractivity (Wildman–Crippen MR) is 94.0 cm³/mol. The number of esters is 2. The molecule has 3 atom stereocenters. The monoisotopic (exact) mass is 356 g/mol. The second-order valence-electron chi connectivity index (χ2n) is 6.34. The summed E-state index contributed by atoms with van der Waals surface area (Å²) in [5, 5.41) is 0. The fourth-order valence-corrected chi connectivity index (χ4v) is 3.04. The van der Waals surface area contributed by atoms with Crippen LogP contribution in [0.2, 0.25) is 0 Å². The van der Waals surface area contributed by atoms with Crippen molar-refractivity contribution in [2.24, 2.45) is 5.92 Å². The predicted octanol–water partition coefficient (Wildman–Crippen LogP) is 3.39. The molecule has 0 fully saturated rings. The van der Waals surface area contributed by atoms with Gasteiger partial charge in [-0.1, -0.05) is 34.1 Å². The molecule has 3 unspecified atom stereocenters. The van der Waals surface area contributed by atoms with Gasteiger partial charge in [-0.15, -0.1) is 0 Å². The number of hydrogen-bond donors (Lipinski definition) is 0. The van der Waals surface area contributed by atoms with Crippen molar-refractivity contribution in [2.45, 2.75) is 91.3 Å². The number of aldehydes is 1. The maximum atomic E-state index is 12.5. The first-order valence-corrected chi connectivity index (χ1v) is 9.17.